The van der Waals surface area contributed by atoms with Gasteiger partial charge in [0.05, 0.1) is 54.0 Å². The summed E-state index contributed by atoms with van der Waals surface area (Å²) in [6, 6.07) is 1.61. The fraction of sp³-hybridized carbons (Fsp3) is 0.167. The van der Waals surface area contributed by atoms with E-state index >= 15 is 0 Å². The molecule has 3 aromatic rings. The number of aromatic nitrogens is 5. The van der Waals surface area contributed by atoms with Crippen LogP contribution in [0.2, 0.25) is 0 Å². The molecule has 0 aromatic carbocycles. The van der Waals surface area contributed by atoms with Crippen LogP contribution in [0, 0.1) is 6.92 Å². The average molecular weight is 380 g/mol. The monoisotopic (exact) mass is 380 g/mol. The van der Waals surface area contributed by atoms with E-state index in [1.54, 1.807) is 37.1 Å². The highest BCUT2D eigenvalue weighted by atomic mass is 16.5. The molecule has 3 aromatic heterocycles. The summed E-state index contributed by atoms with van der Waals surface area (Å²) >= 11 is 0. The summed E-state index contributed by atoms with van der Waals surface area (Å²) < 4.78 is 6.98. The van der Waals surface area contributed by atoms with Gasteiger partial charge in [-0.3, -0.25) is 14.5 Å². The van der Waals surface area contributed by atoms with Gasteiger partial charge in [0, 0.05) is 25.0 Å². The van der Waals surface area contributed by atoms with Crippen LogP contribution in [0.15, 0.2) is 37.1 Å². The van der Waals surface area contributed by atoms with Gasteiger partial charge in [-0.05, 0) is 13.0 Å². The zero-order chi connectivity index (χ0) is 20.3. The highest BCUT2D eigenvalue weighted by molar-refractivity contribution is 6.25. The zero-order valence-electron chi connectivity index (χ0n) is 15.7. The molecule has 0 fully saturated rings. The minimum absolute atomic E-state index is 0.101. The fourth-order valence-corrected chi connectivity index (χ4v) is 2.52. The normalized spacial score (nSPS) is 11.3. The van der Waals surface area contributed by atoms with Crippen LogP contribution in [-0.2, 0) is 11.8 Å². The van der Waals surface area contributed by atoms with Crippen molar-refractivity contribution in [3.8, 4) is 17.1 Å². The van der Waals surface area contributed by atoms with E-state index in [1.165, 1.54) is 19.5 Å². The number of carbonyl (C=O) groups is 1. The maximum Gasteiger partial charge on any atom is 0.259 e. The van der Waals surface area contributed by atoms with E-state index in [0.717, 1.165) is 11.8 Å². The summed E-state index contributed by atoms with van der Waals surface area (Å²) in [7, 11) is 3.24. The summed E-state index contributed by atoms with van der Waals surface area (Å²) in [6.07, 6.45) is 7.65. The van der Waals surface area contributed by atoms with Crippen LogP contribution in [0.4, 0.5) is 11.4 Å². The number of amides is 1. The standard InChI is InChI=1S/C18H20N8O2/c1-10-14(4-12(20)7-21-10)24-17(27)13(5-19)16-18(28-3)25-15(8-22-16)11-6-23-26(2)9-11/h4-9H,19-20H2,1-3H3,(H,24,27)/b13-5+. The summed E-state index contributed by atoms with van der Waals surface area (Å²) in [5.74, 6) is -0.324. The number of nitrogens with two attached hydrogens (primary N) is 2. The van der Waals surface area contributed by atoms with Crippen LogP contribution in [-0.4, -0.2) is 37.7 Å². The quantitative estimate of drug-likeness (QED) is 0.558. The molecule has 1 amide bonds. The van der Waals surface area contributed by atoms with Crippen LogP contribution in [0.3, 0.4) is 0 Å². The Morgan fingerprint density at radius 1 is 1.29 bits per heavy atom. The molecule has 10 heteroatoms. The number of ether oxygens (including phenoxy) is 1. The fourth-order valence-electron chi connectivity index (χ4n) is 2.52. The lowest BCUT2D eigenvalue weighted by Gasteiger charge is -2.12. The van der Waals surface area contributed by atoms with Crippen molar-refractivity contribution in [3.63, 3.8) is 0 Å². The molecule has 0 bridgehead atoms. The second kappa shape index (κ2) is 7.74. The number of aryl methyl sites for hydroxylation is 2. The second-order valence-electron chi connectivity index (χ2n) is 5.95. The number of nitrogens with one attached hydrogen (secondary N) is 1. The lowest BCUT2D eigenvalue weighted by atomic mass is 10.1. The predicted octanol–water partition coefficient (Wildman–Crippen LogP) is 1.11. The Hall–Kier alpha value is -3.95. The first kappa shape index (κ1) is 18.8. The topological polar surface area (TPSA) is 147 Å². The Balaban J connectivity index is 1.93. The number of pyridine rings is 1. The van der Waals surface area contributed by atoms with Gasteiger partial charge in [-0.1, -0.05) is 0 Å². The van der Waals surface area contributed by atoms with Gasteiger partial charge >= 0.3 is 0 Å². The Kier molecular flexibility index (Phi) is 5.21. The molecule has 0 saturated heterocycles. The molecule has 28 heavy (non-hydrogen) atoms. The maximum absolute atomic E-state index is 12.8. The van der Waals surface area contributed by atoms with Crippen molar-refractivity contribution in [2.75, 3.05) is 18.2 Å². The zero-order valence-corrected chi connectivity index (χ0v) is 15.7. The number of rotatable bonds is 5. The molecular weight excluding hydrogens is 360 g/mol. The minimum Gasteiger partial charge on any atom is -0.479 e. The predicted molar refractivity (Wildman–Crippen MR) is 105 cm³/mol. The lowest BCUT2D eigenvalue weighted by Crippen LogP contribution is -2.17. The van der Waals surface area contributed by atoms with Gasteiger partial charge in [-0.25, -0.2) is 9.97 Å². The van der Waals surface area contributed by atoms with Gasteiger partial charge in [-0.15, -0.1) is 0 Å². The number of nitrogen functional groups attached to an aromatic ring is 1. The molecule has 0 aliphatic carbocycles. The first-order valence-corrected chi connectivity index (χ1v) is 8.28. The lowest BCUT2D eigenvalue weighted by molar-refractivity contribution is -0.111. The smallest absolute Gasteiger partial charge is 0.259 e. The summed E-state index contributed by atoms with van der Waals surface area (Å²) in [5.41, 5.74) is 14.6. The Bertz CT molecular complexity index is 1060. The van der Waals surface area contributed by atoms with Crippen molar-refractivity contribution in [2.24, 2.45) is 12.8 Å². The molecule has 0 radical (unpaired) electrons. The van der Waals surface area contributed by atoms with Crippen LogP contribution < -0.4 is 21.5 Å². The van der Waals surface area contributed by atoms with Crippen molar-refractivity contribution in [2.45, 2.75) is 6.92 Å². The van der Waals surface area contributed by atoms with E-state index in [1.807, 2.05) is 0 Å². The molecule has 0 saturated carbocycles. The highest BCUT2D eigenvalue weighted by Crippen LogP contribution is 2.27. The van der Waals surface area contributed by atoms with Crippen LogP contribution in [0.5, 0.6) is 5.88 Å². The van der Waals surface area contributed by atoms with Crippen LogP contribution in [0.1, 0.15) is 11.4 Å². The Labute approximate surface area is 161 Å². The molecule has 0 unspecified atom stereocenters. The third-order valence-electron chi connectivity index (χ3n) is 3.96. The Morgan fingerprint density at radius 2 is 2.07 bits per heavy atom. The van der Waals surface area contributed by atoms with Gasteiger partial charge in [-0.2, -0.15) is 5.10 Å². The molecule has 5 N–H and O–H groups in total. The van der Waals surface area contributed by atoms with E-state index in [0.29, 0.717) is 22.8 Å². The molecule has 10 nitrogen and oxygen atoms in total. The first-order valence-electron chi connectivity index (χ1n) is 8.28. The van der Waals surface area contributed by atoms with Crippen molar-refractivity contribution in [3.05, 3.63) is 48.4 Å². The third-order valence-corrected chi connectivity index (χ3v) is 3.96. The average Bonchev–Trinajstić information content (AvgIpc) is 3.12. The number of nitrogens with zero attached hydrogens (tertiary/aromatic N) is 5. The molecular formula is C18H20N8O2. The largest absolute Gasteiger partial charge is 0.479 e. The van der Waals surface area contributed by atoms with Gasteiger partial charge in [0.15, 0.2) is 0 Å². The maximum atomic E-state index is 12.8. The molecule has 144 valence electrons. The highest BCUT2D eigenvalue weighted by Gasteiger charge is 2.21. The molecule has 3 heterocycles. The number of anilines is 2. The van der Waals surface area contributed by atoms with E-state index in [-0.39, 0.29) is 17.1 Å². The summed E-state index contributed by atoms with van der Waals surface area (Å²) in [5, 5.41) is 6.84. The van der Waals surface area contributed by atoms with Crippen molar-refractivity contribution in [1.29, 1.82) is 0 Å². The Morgan fingerprint density at radius 3 is 2.71 bits per heavy atom. The van der Waals surface area contributed by atoms with Gasteiger partial charge < -0.3 is 21.5 Å². The van der Waals surface area contributed by atoms with E-state index in [4.69, 9.17) is 16.2 Å². The van der Waals surface area contributed by atoms with Gasteiger partial charge in [0.1, 0.15) is 5.69 Å². The number of carbonyl (C=O) groups excluding carboxylic acids is 1. The van der Waals surface area contributed by atoms with Crippen molar-refractivity contribution >= 4 is 22.9 Å². The third kappa shape index (κ3) is 3.75. The summed E-state index contributed by atoms with van der Waals surface area (Å²) in [6.45, 7) is 1.75. The molecule has 0 aliphatic rings. The molecule has 0 atom stereocenters. The molecule has 3 rings (SSSR count). The van der Waals surface area contributed by atoms with Gasteiger partial charge in [0.25, 0.3) is 5.91 Å². The molecule has 0 spiro atoms. The van der Waals surface area contributed by atoms with Crippen molar-refractivity contribution < 1.29 is 9.53 Å². The first-order chi connectivity index (χ1) is 13.4. The second-order valence-corrected chi connectivity index (χ2v) is 5.95. The summed E-state index contributed by atoms with van der Waals surface area (Å²) in [4.78, 5) is 25.6. The van der Waals surface area contributed by atoms with Gasteiger partial charge in [0.2, 0.25) is 5.88 Å². The molecule has 0 aliphatic heterocycles. The SMILES string of the molecule is COc1nc(-c2cnn(C)c2)cnc1/C(=C\N)C(=O)Nc1cc(N)cnc1C. The minimum atomic E-state index is -0.486. The number of methoxy groups -OCH3 is 1. The van der Waals surface area contributed by atoms with E-state index in [2.05, 4.69) is 25.4 Å². The number of hydrogen-bond donors (Lipinski definition) is 3. The van der Waals surface area contributed by atoms with E-state index < -0.39 is 5.91 Å². The van der Waals surface area contributed by atoms with Crippen molar-refractivity contribution in [1.82, 2.24) is 24.7 Å². The van der Waals surface area contributed by atoms with Crippen LogP contribution >= 0.6 is 0 Å². The van der Waals surface area contributed by atoms with Crippen LogP contribution in [0.25, 0.3) is 16.8 Å². The van der Waals surface area contributed by atoms with E-state index in [9.17, 15) is 4.79 Å². The number of hydrogen-bond acceptors (Lipinski definition) is 8.